The average Bonchev–Trinajstić information content (AvgIpc) is 2.60. The summed E-state index contributed by atoms with van der Waals surface area (Å²) in [7, 11) is 0. The maximum Gasteiger partial charge on any atom is 0.138 e. The van der Waals surface area contributed by atoms with Crippen molar-refractivity contribution in [2.75, 3.05) is 0 Å². The van der Waals surface area contributed by atoms with Crippen LogP contribution >= 0.6 is 15.9 Å². The molecule has 0 saturated heterocycles. The quantitative estimate of drug-likeness (QED) is 0.913. The first-order valence-electron chi connectivity index (χ1n) is 5.91. The Kier molecular flexibility index (Phi) is 3.59. The van der Waals surface area contributed by atoms with E-state index in [9.17, 15) is 0 Å². The summed E-state index contributed by atoms with van der Waals surface area (Å²) >= 11 is 3.59. The lowest BCUT2D eigenvalue weighted by molar-refractivity contribution is 0.484. The van der Waals surface area contributed by atoms with Gasteiger partial charge in [-0.05, 0) is 25.5 Å². The van der Waals surface area contributed by atoms with Crippen LogP contribution in [0.4, 0.5) is 0 Å². The van der Waals surface area contributed by atoms with Crippen LogP contribution in [-0.2, 0) is 6.54 Å². The lowest BCUT2D eigenvalue weighted by atomic mass is 10.1. The van der Waals surface area contributed by atoms with Gasteiger partial charge < -0.3 is 9.73 Å². The second-order valence-electron chi connectivity index (χ2n) is 4.75. The summed E-state index contributed by atoms with van der Waals surface area (Å²) in [5.74, 6) is 1.03. The number of furan rings is 1. The van der Waals surface area contributed by atoms with Crippen LogP contribution in [-0.4, -0.2) is 6.04 Å². The molecule has 0 aliphatic rings. The highest BCUT2D eigenvalue weighted by Crippen LogP contribution is 2.33. The molecule has 1 aromatic carbocycles. The van der Waals surface area contributed by atoms with Crippen LogP contribution in [0.2, 0.25) is 0 Å². The van der Waals surface area contributed by atoms with Gasteiger partial charge in [-0.15, -0.1) is 0 Å². The zero-order valence-corrected chi connectivity index (χ0v) is 12.3. The van der Waals surface area contributed by atoms with Gasteiger partial charge in [0.25, 0.3) is 0 Å². The van der Waals surface area contributed by atoms with Crippen LogP contribution in [0.15, 0.2) is 21.0 Å². The van der Waals surface area contributed by atoms with E-state index in [4.69, 9.17) is 4.42 Å². The van der Waals surface area contributed by atoms with Crippen molar-refractivity contribution >= 4 is 26.9 Å². The Hall–Kier alpha value is -0.800. The predicted octanol–water partition coefficient (Wildman–Crippen LogP) is 4.31. The van der Waals surface area contributed by atoms with Crippen molar-refractivity contribution < 1.29 is 4.42 Å². The molecule has 1 heterocycles. The molecule has 1 N–H and O–H groups in total. The minimum atomic E-state index is 0.465. The summed E-state index contributed by atoms with van der Waals surface area (Å²) in [6.45, 7) is 9.26. The molecule has 2 rings (SSSR count). The molecule has 0 amide bonds. The minimum Gasteiger partial charge on any atom is -0.459 e. The Morgan fingerprint density at radius 2 is 2.00 bits per heavy atom. The highest BCUT2D eigenvalue weighted by molar-refractivity contribution is 9.10. The fourth-order valence-corrected chi connectivity index (χ4v) is 2.56. The van der Waals surface area contributed by atoms with Crippen molar-refractivity contribution in [2.45, 2.75) is 40.3 Å². The van der Waals surface area contributed by atoms with Gasteiger partial charge in [-0.3, -0.25) is 0 Å². The van der Waals surface area contributed by atoms with Crippen molar-refractivity contribution in [3.63, 3.8) is 0 Å². The third kappa shape index (κ3) is 2.40. The number of nitrogens with one attached hydrogen (secondary N) is 1. The number of rotatable bonds is 3. The average molecular weight is 296 g/mol. The Morgan fingerprint density at radius 3 is 2.59 bits per heavy atom. The van der Waals surface area contributed by atoms with Gasteiger partial charge in [0.1, 0.15) is 11.3 Å². The van der Waals surface area contributed by atoms with Gasteiger partial charge in [0, 0.05) is 21.5 Å². The summed E-state index contributed by atoms with van der Waals surface area (Å²) in [6, 6.07) is 4.63. The molecule has 0 aliphatic heterocycles. The molecular weight excluding hydrogens is 278 g/mol. The van der Waals surface area contributed by atoms with E-state index in [1.807, 2.05) is 0 Å². The SMILES string of the molecule is Cc1ccc(Br)c2c(C)c(CNC(C)C)oc12. The number of halogens is 1. The van der Waals surface area contributed by atoms with Gasteiger partial charge in [-0.2, -0.15) is 0 Å². The number of aryl methyl sites for hydroxylation is 2. The molecular formula is C14H18BrNO. The van der Waals surface area contributed by atoms with E-state index < -0.39 is 0 Å². The number of hydrogen-bond acceptors (Lipinski definition) is 2. The minimum absolute atomic E-state index is 0.465. The highest BCUT2D eigenvalue weighted by Gasteiger charge is 2.14. The molecule has 2 aromatic rings. The van der Waals surface area contributed by atoms with Gasteiger partial charge in [-0.25, -0.2) is 0 Å². The number of fused-ring (bicyclic) bond motifs is 1. The molecule has 0 radical (unpaired) electrons. The predicted molar refractivity (Wildman–Crippen MR) is 75.4 cm³/mol. The Morgan fingerprint density at radius 1 is 1.29 bits per heavy atom. The van der Waals surface area contributed by atoms with Gasteiger partial charge in [-0.1, -0.05) is 35.8 Å². The summed E-state index contributed by atoms with van der Waals surface area (Å²) in [5.41, 5.74) is 3.41. The van der Waals surface area contributed by atoms with Crippen LogP contribution in [0.25, 0.3) is 11.0 Å². The van der Waals surface area contributed by atoms with Crippen molar-refractivity contribution in [2.24, 2.45) is 0 Å². The number of hydrogen-bond donors (Lipinski definition) is 1. The molecule has 1 aromatic heterocycles. The van der Waals surface area contributed by atoms with Crippen LogP contribution in [0.1, 0.15) is 30.7 Å². The van der Waals surface area contributed by atoms with E-state index >= 15 is 0 Å². The molecule has 0 unspecified atom stereocenters. The van der Waals surface area contributed by atoms with E-state index in [2.05, 4.69) is 61.1 Å². The summed E-state index contributed by atoms with van der Waals surface area (Å²) in [4.78, 5) is 0. The van der Waals surface area contributed by atoms with Crippen LogP contribution in [0.5, 0.6) is 0 Å². The first-order chi connectivity index (χ1) is 8.00. The third-order valence-corrected chi connectivity index (χ3v) is 3.65. The molecule has 0 fully saturated rings. The Labute approximate surface area is 111 Å². The van der Waals surface area contributed by atoms with Crippen molar-refractivity contribution in [3.8, 4) is 0 Å². The molecule has 92 valence electrons. The maximum absolute atomic E-state index is 5.97. The fraction of sp³-hybridized carbons (Fsp3) is 0.429. The maximum atomic E-state index is 5.97. The van der Waals surface area contributed by atoms with Gasteiger partial charge in [0.2, 0.25) is 0 Å². The topological polar surface area (TPSA) is 25.2 Å². The highest BCUT2D eigenvalue weighted by atomic mass is 79.9. The molecule has 2 nitrogen and oxygen atoms in total. The molecule has 17 heavy (non-hydrogen) atoms. The molecule has 0 atom stereocenters. The summed E-state index contributed by atoms with van der Waals surface area (Å²) in [6.07, 6.45) is 0. The normalized spacial score (nSPS) is 11.6. The van der Waals surface area contributed by atoms with Crippen LogP contribution in [0.3, 0.4) is 0 Å². The second kappa shape index (κ2) is 4.83. The molecule has 0 aliphatic carbocycles. The third-order valence-electron chi connectivity index (χ3n) is 2.99. The van der Waals surface area contributed by atoms with E-state index in [0.717, 1.165) is 22.4 Å². The van der Waals surface area contributed by atoms with Crippen LogP contribution in [0, 0.1) is 13.8 Å². The summed E-state index contributed by atoms with van der Waals surface area (Å²) in [5, 5.41) is 4.59. The van der Waals surface area contributed by atoms with Gasteiger partial charge in [0.05, 0.1) is 6.54 Å². The smallest absolute Gasteiger partial charge is 0.138 e. The van der Waals surface area contributed by atoms with E-state index in [1.165, 1.54) is 16.5 Å². The zero-order chi connectivity index (χ0) is 12.6. The molecule has 0 spiro atoms. The van der Waals surface area contributed by atoms with Crippen molar-refractivity contribution in [3.05, 3.63) is 33.5 Å². The van der Waals surface area contributed by atoms with Gasteiger partial charge >= 0.3 is 0 Å². The largest absolute Gasteiger partial charge is 0.459 e. The first-order valence-corrected chi connectivity index (χ1v) is 6.70. The van der Waals surface area contributed by atoms with Crippen molar-refractivity contribution in [1.82, 2.24) is 5.32 Å². The van der Waals surface area contributed by atoms with Gasteiger partial charge in [0.15, 0.2) is 0 Å². The second-order valence-corrected chi connectivity index (χ2v) is 5.61. The van der Waals surface area contributed by atoms with E-state index in [0.29, 0.717) is 6.04 Å². The van der Waals surface area contributed by atoms with Crippen molar-refractivity contribution in [1.29, 1.82) is 0 Å². The molecule has 0 saturated carbocycles. The zero-order valence-electron chi connectivity index (χ0n) is 10.7. The fourth-order valence-electron chi connectivity index (χ4n) is 1.95. The van der Waals surface area contributed by atoms with E-state index in [-0.39, 0.29) is 0 Å². The standard InChI is InChI=1S/C14H18BrNO/c1-8(2)16-7-12-10(4)13-11(15)6-5-9(3)14(13)17-12/h5-6,8,16H,7H2,1-4H3. The monoisotopic (exact) mass is 295 g/mol. The number of benzene rings is 1. The van der Waals surface area contributed by atoms with Crippen LogP contribution < -0.4 is 5.32 Å². The van der Waals surface area contributed by atoms with E-state index in [1.54, 1.807) is 0 Å². The molecule has 0 bridgehead atoms. The molecule has 3 heteroatoms. The Bertz CT molecular complexity index is 543. The Balaban J connectivity index is 2.49. The summed E-state index contributed by atoms with van der Waals surface area (Å²) < 4.78 is 7.07. The lowest BCUT2D eigenvalue weighted by Gasteiger charge is -2.05. The first kappa shape index (κ1) is 12.7. The lowest BCUT2D eigenvalue weighted by Crippen LogP contribution is -2.21.